The first-order valence-electron chi connectivity index (χ1n) is 7.92. The second-order valence-electron chi connectivity index (χ2n) is 5.36. The van der Waals surface area contributed by atoms with Crippen LogP contribution in [0.4, 0.5) is 5.69 Å². The Balaban J connectivity index is 1.86. The molecule has 1 N–H and O–H groups in total. The maximum absolute atomic E-state index is 12.1. The minimum atomic E-state index is -0.872. The number of hydrogen-bond donors (Lipinski definition) is 1. The summed E-state index contributed by atoms with van der Waals surface area (Å²) >= 11 is 0. The first-order chi connectivity index (χ1) is 11.6. The average molecular weight is 323 g/mol. The van der Waals surface area contributed by atoms with Crippen LogP contribution in [0.3, 0.4) is 0 Å². The molecule has 4 nitrogen and oxygen atoms in total. The maximum Gasteiger partial charge on any atom is 0.331 e. The van der Waals surface area contributed by atoms with Crippen molar-refractivity contribution in [3.05, 3.63) is 71.8 Å². The number of aryl methyl sites for hydroxylation is 1. The van der Waals surface area contributed by atoms with Crippen molar-refractivity contribution >= 4 is 23.6 Å². The summed E-state index contributed by atoms with van der Waals surface area (Å²) in [6.07, 6.45) is 3.03. The Labute approximate surface area is 142 Å². The van der Waals surface area contributed by atoms with Gasteiger partial charge in [-0.15, -0.1) is 0 Å². The van der Waals surface area contributed by atoms with Gasteiger partial charge in [0.2, 0.25) is 0 Å². The summed E-state index contributed by atoms with van der Waals surface area (Å²) in [6, 6.07) is 17.0. The van der Waals surface area contributed by atoms with Gasteiger partial charge in [0.25, 0.3) is 5.91 Å². The van der Waals surface area contributed by atoms with Crippen molar-refractivity contribution in [2.45, 2.75) is 26.4 Å². The fourth-order valence-corrected chi connectivity index (χ4v) is 2.06. The number of carbonyl (C=O) groups excluding carboxylic acids is 2. The number of hydrogen-bond acceptors (Lipinski definition) is 3. The van der Waals surface area contributed by atoms with Crippen LogP contribution >= 0.6 is 0 Å². The molecule has 0 saturated carbocycles. The predicted octanol–water partition coefficient (Wildman–Crippen LogP) is 3.83. The summed E-state index contributed by atoms with van der Waals surface area (Å²) in [7, 11) is 0. The lowest BCUT2D eigenvalue weighted by molar-refractivity contribution is -0.148. The third-order valence-corrected chi connectivity index (χ3v) is 3.50. The van der Waals surface area contributed by atoms with E-state index in [0.717, 1.165) is 12.0 Å². The van der Waals surface area contributed by atoms with Crippen LogP contribution in [-0.2, 0) is 20.7 Å². The molecule has 0 fully saturated rings. The number of rotatable bonds is 6. The highest BCUT2D eigenvalue weighted by molar-refractivity contribution is 5.96. The highest BCUT2D eigenvalue weighted by Gasteiger charge is 2.16. The van der Waals surface area contributed by atoms with Gasteiger partial charge in [-0.3, -0.25) is 4.79 Å². The summed E-state index contributed by atoms with van der Waals surface area (Å²) in [5.74, 6) is -0.913. The monoisotopic (exact) mass is 323 g/mol. The summed E-state index contributed by atoms with van der Waals surface area (Å²) in [5.41, 5.74) is 2.76. The highest BCUT2D eigenvalue weighted by atomic mass is 16.5. The van der Waals surface area contributed by atoms with E-state index in [1.807, 2.05) is 54.6 Å². The van der Waals surface area contributed by atoms with Crippen molar-refractivity contribution in [3.8, 4) is 0 Å². The summed E-state index contributed by atoms with van der Waals surface area (Å²) in [6.45, 7) is 3.61. The van der Waals surface area contributed by atoms with E-state index >= 15 is 0 Å². The van der Waals surface area contributed by atoms with Gasteiger partial charge in [-0.1, -0.05) is 49.4 Å². The molecule has 0 heterocycles. The average Bonchev–Trinajstić information content (AvgIpc) is 2.61. The molecule has 0 spiro atoms. The molecular weight excluding hydrogens is 302 g/mol. The minimum absolute atomic E-state index is 0.360. The maximum atomic E-state index is 12.1. The van der Waals surface area contributed by atoms with Gasteiger partial charge in [0.15, 0.2) is 6.10 Å². The quantitative estimate of drug-likeness (QED) is 0.649. The van der Waals surface area contributed by atoms with Gasteiger partial charge in [0.05, 0.1) is 0 Å². The van der Waals surface area contributed by atoms with Gasteiger partial charge in [-0.2, -0.15) is 0 Å². The molecule has 1 unspecified atom stereocenters. The molecule has 2 aromatic carbocycles. The lowest BCUT2D eigenvalue weighted by atomic mass is 10.1. The Morgan fingerprint density at radius 1 is 1.08 bits per heavy atom. The van der Waals surface area contributed by atoms with Gasteiger partial charge in [0, 0.05) is 11.8 Å². The standard InChI is InChI=1S/C20H21NO3/c1-3-16-9-12-18(13-10-16)21-20(23)15(2)24-19(22)14-11-17-7-5-4-6-8-17/h4-15H,3H2,1-2H3,(H,21,23)/b14-11+. The van der Waals surface area contributed by atoms with Gasteiger partial charge < -0.3 is 10.1 Å². The summed E-state index contributed by atoms with van der Waals surface area (Å²) < 4.78 is 5.11. The Bertz CT molecular complexity index is 705. The third-order valence-electron chi connectivity index (χ3n) is 3.50. The second kappa shape index (κ2) is 8.67. The number of ether oxygens (including phenoxy) is 1. The fraction of sp³-hybridized carbons (Fsp3) is 0.200. The smallest absolute Gasteiger partial charge is 0.331 e. The van der Waals surface area contributed by atoms with Gasteiger partial charge in [-0.25, -0.2) is 4.79 Å². The van der Waals surface area contributed by atoms with Crippen LogP contribution in [0.25, 0.3) is 6.08 Å². The number of amides is 1. The van der Waals surface area contributed by atoms with E-state index in [1.165, 1.54) is 11.6 Å². The van der Waals surface area contributed by atoms with Crippen molar-refractivity contribution in [2.24, 2.45) is 0 Å². The zero-order chi connectivity index (χ0) is 17.4. The molecule has 0 aliphatic carbocycles. The first kappa shape index (κ1) is 17.5. The first-order valence-corrected chi connectivity index (χ1v) is 7.92. The van der Waals surface area contributed by atoms with Gasteiger partial charge in [-0.05, 0) is 42.7 Å². The Morgan fingerprint density at radius 3 is 2.38 bits per heavy atom. The van der Waals surface area contributed by atoms with E-state index in [2.05, 4.69) is 12.2 Å². The zero-order valence-corrected chi connectivity index (χ0v) is 13.9. The van der Waals surface area contributed by atoms with Crippen LogP contribution in [0.5, 0.6) is 0 Å². The topological polar surface area (TPSA) is 55.4 Å². The van der Waals surface area contributed by atoms with Crippen LogP contribution in [-0.4, -0.2) is 18.0 Å². The minimum Gasteiger partial charge on any atom is -0.449 e. The fourth-order valence-electron chi connectivity index (χ4n) is 2.06. The lowest BCUT2D eigenvalue weighted by Gasteiger charge is -2.12. The zero-order valence-electron chi connectivity index (χ0n) is 13.9. The number of esters is 1. The van der Waals surface area contributed by atoms with Crippen molar-refractivity contribution in [1.29, 1.82) is 0 Å². The van der Waals surface area contributed by atoms with Crippen LogP contribution in [0, 0.1) is 0 Å². The van der Waals surface area contributed by atoms with Crippen molar-refractivity contribution in [1.82, 2.24) is 0 Å². The Kier molecular flexibility index (Phi) is 6.32. The molecule has 0 saturated heterocycles. The van der Waals surface area contributed by atoms with Crippen LogP contribution in [0.1, 0.15) is 25.0 Å². The molecule has 124 valence electrons. The molecule has 0 bridgehead atoms. The molecule has 24 heavy (non-hydrogen) atoms. The summed E-state index contributed by atoms with van der Waals surface area (Å²) in [4.78, 5) is 23.8. The van der Waals surface area contributed by atoms with Crippen molar-refractivity contribution in [2.75, 3.05) is 5.32 Å². The van der Waals surface area contributed by atoms with E-state index in [4.69, 9.17) is 4.74 Å². The molecule has 0 radical (unpaired) electrons. The van der Waals surface area contributed by atoms with Crippen molar-refractivity contribution < 1.29 is 14.3 Å². The third kappa shape index (κ3) is 5.39. The Morgan fingerprint density at radius 2 is 1.75 bits per heavy atom. The number of anilines is 1. The molecule has 2 rings (SSSR count). The number of benzene rings is 2. The van der Waals surface area contributed by atoms with Crippen LogP contribution in [0.15, 0.2) is 60.7 Å². The van der Waals surface area contributed by atoms with Crippen LogP contribution in [0.2, 0.25) is 0 Å². The van der Waals surface area contributed by atoms with E-state index in [-0.39, 0.29) is 5.91 Å². The molecular formula is C20H21NO3. The van der Waals surface area contributed by atoms with E-state index in [1.54, 1.807) is 13.0 Å². The SMILES string of the molecule is CCc1ccc(NC(=O)C(C)OC(=O)/C=C/c2ccccc2)cc1. The van der Waals surface area contributed by atoms with Crippen LogP contribution < -0.4 is 5.32 Å². The molecule has 2 aromatic rings. The Hall–Kier alpha value is -2.88. The van der Waals surface area contributed by atoms with Gasteiger partial charge in [0.1, 0.15) is 0 Å². The van der Waals surface area contributed by atoms with E-state index in [9.17, 15) is 9.59 Å². The highest BCUT2D eigenvalue weighted by Crippen LogP contribution is 2.11. The normalized spacial score (nSPS) is 11.9. The lowest BCUT2D eigenvalue weighted by Crippen LogP contribution is -2.29. The molecule has 4 heteroatoms. The molecule has 1 amide bonds. The number of carbonyl (C=O) groups is 2. The van der Waals surface area contributed by atoms with Gasteiger partial charge >= 0.3 is 5.97 Å². The molecule has 0 aliphatic rings. The van der Waals surface area contributed by atoms with E-state index in [0.29, 0.717) is 5.69 Å². The molecule has 0 aromatic heterocycles. The number of nitrogens with one attached hydrogen (secondary N) is 1. The van der Waals surface area contributed by atoms with Crippen molar-refractivity contribution in [3.63, 3.8) is 0 Å². The molecule has 1 atom stereocenters. The largest absolute Gasteiger partial charge is 0.449 e. The predicted molar refractivity (Wildman–Crippen MR) is 95.5 cm³/mol. The summed E-state index contributed by atoms with van der Waals surface area (Å²) in [5, 5.41) is 2.73. The van der Waals surface area contributed by atoms with E-state index < -0.39 is 12.1 Å². The molecule has 0 aliphatic heterocycles. The second-order valence-corrected chi connectivity index (χ2v) is 5.36.